The van der Waals surface area contributed by atoms with Gasteiger partial charge in [-0.3, -0.25) is 0 Å². The van der Waals surface area contributed by atoms with Crippen LogP contribution in [0.25, 0.3) is 11.3 Å². The van der Waals surface area contributed by atoms with Gasteiger partial charge in [-0.05, 0) is 61.3 Å². The van der Waals surface area contributed by atoms with E-state index >= 15 is 0 Å². The molecule has 1 heterocycles. The number of fused-ring (bicyclic) bond motifs is 1. The molecule has 28 heavy (non-hydrogen) atoms. The second-order valence-electron chi connectivity index (χ2n) is 6.68. The molecule has 0 fully saturated rings. The van der Waals surface area contributed by atoms with Crippen molar-refractivity contribution in [3.8, 4) is 11.3 Å². The summed E-state index contributed by atoms with van der Waals surface area (Å²) in [6.07, 6.45) is 3.06. The van der Waals surface area contributed by atoms with Crippen molar-refractivity contribution in [1.29, 1.82) is 0 Å². The van der Waals surface area contributed by atoms with Gasteiger partial charge in [-0.25, -0.2) is 16.8 Å². The molecule has 146 valence electrons. The van der Waals surface area contributed by atoms with E-state index in [2.05, 4.69) is 5.32 Å². The third-order valence-corrected chi connectivity index (χ3v) is 7.11. The lowest BCUT2D eigenvalue weighted by molar-refractivity contribution is 0.578. The van der Waals surface area contributed by atoms with Crippen LogP contribution < -0.4 is 5.32 Å². The van der Waals surface area contributed by atoms with Gasteiger partial charge in [0.2, 0.25) is 0 Å². The average Bonchev–Trinajstić information content (AvgIpc) is 3.20. The number of halogens is 3. The van der Waals surface area contributed by atoms with Crippen LogP contribution in [-0.2, 0) is 16.4 Å². The SMILES string of the molecule is CNC1CCc2c1cn(S(=O)(=O)c1cc(Cl)cc(Cl)c1)c2-c1ccccc1F. The Balaban J connectivity index is 2.01. The molecule has 1 aromatic heterocycles. The van der Waals surface area contributed by atoms with Gasteiger partial charge in [0.05, 0.1) is 10.6 Å². The van der Waals surface area contributed by atoms with Crippen LogP contribution in [0.15, 0.2) is 53.6 Å². The summed E-state index contributed by atoms with van der Waals surface area (Å²) in [6.45, 7) is 0. The molecule has 0 radical (unpaired) electrons. The first-order chi connectivity index (χ1) is 13.3. The van der Waals surface area contributed by atoms with Crippen LogP contribution in [0.3, 0.4) is 0 Å². The molecule has 0 bridgehead atoms. The molecule has 4 nitrogen and oxygen atoms in total. The second-order valence-corrected chi connectivity index (χ2v) is 9.37. The smallest absolute Gasteiger partial charge is 0.268 e. The molecule has 1 atom stereocenters. The van der Waals surface area contributed by atoms with Gasteiger partial charge in [0.1, 0.15) is 5.82 Å². The fourth-order valence-electron chi connectivity index (χ4n) is 3.76. The highest BCUT2D eigenvalue weighted by Crippen LogP contribution is 2.41. The Kier molecular flexibility index (Phi) is 5.00. The van der Waals surface area contributed by atoms with Gasteiger partial charge in [0, 0.05) is 27.8 Å². The molecule has 1 unspecified atom stereocenters. The van der Waals surface area contributed by atoms with Crippen LogP contribution in [0, 0.1) is 5.82 Å². The van der Waals surface area contributed by atoms with Crippen molar-refractivity contribution in [3.63, 3.8) is 0 Å². The highest BCUT2D eigenvalue weighted by Gasteiger charge is 2.33. The molecule has 8 heteroatoms. The molecule has 1 aliphatic carbocycles. The number of nitrogens with one attached hydrogen (secondary N) is 1. The Hall–Kier alpha value is -1.86. The number of benzene rings is 2. The van der Waals surface area contributed by atoms with E-state index in [1.165, 1.54) is 24.3 Å². The largest absolute Gasteiger partial charge is 0.313 e. The van der Waals surface area contributed by atoms with E-state index in [1.807, 2.05) is 7.05 Å². The fourth-order valence-corrected chi connectivity index (χ4v) is 5.90. The van der Waals surface area contributed by atoms with Crippen molar-refractivity contribution in [2.75, 3.05) is 7.05 Å². The zero-order chi connectivity index (χ0) is 20.1. The van der Waals surface area contributed by atoms with Gasteiger partial charge < -0.3 is 5.32 Å². The molecule has 4 rings (SSSR count). The molecule has 0 spiro atoms. The molecular weight excluding hydrogens is 422 g/mol. The summed E-state index contributed by atoms with van der Waals surface area (Å²) in [5.41, 5.74) is 2.29. The Morgan fingerprint density at radius 2 is 1.82 bits per heavy atom. The van der Waals surface area contributed by atoms with Crippen LogP contribution in [0.1, 0.15) is 23.6 Å². The first-order valence-corrected chi connectivity index (χ1v) is 10.9. The summed E-state index contributed by atoms with van der Waals surface area (Å²) in [7, 11) is -2.21. The van der Waals surface area contributed by atoms with Crippen molar-refractivity contribution in [2.45, 2.75) is 23.8 Å². The Morgan fingerprint density at radius 3 is 2.46 bits per heavy atom. The minimum atomic E-state index is -4.04. The molecule has 1 N–H and O–H groups in total. The Morgan fingerprint density at radius 1 is 1.14 bits per heavy atom. The van der Waals surface area contributed by atoms with Gasteiger partial charge in [-0.15, -0.1) is 0 Å². The molecular formula is C20H17Cl2FN2O2S. The monoisotopic (exact) mass is 438 g/mol. The van der Waals surface area contributed by atoms with Gasteiger partial charge in [-0.2, -0.15) is 0 Å². The van der Waals surface area contributed by atoms with Crippen LogP contribution in [-0.4, -0.2) is 19.4 Å². The zero-order valence-corrected chi connectivity index (χ0v) is 17.2. The van der Waals surface area contributed by atoms with Gasteiger partial charge in [0.15, 0.2) is 0 Å². The summed E-state index contributed by atoms with van der Waals surface area (Å²) in [4.78, 5) is -0.0442. The summed E-state index contributed by atoms with van der Waals surface area (Å²) in [6, 6.07) is 10.3. The van der Waals surface area contributed by atoms with Crippen LogP contribution in [0.4, 0.5) is 4.39 Å². The lowest BCUT2D eigenvalue weighted by Crippen LogP contribution is -2.16. The average molecular weight is 439 g/mol. The maximum atomic E-state index is 14.6. The Bertz CT molecular complexity index is 1150. The highest BCUT2D eigenvalue weighted by molar-refractivity contribution is 7.90. The van der Waals surface area contributed by atoms with E-state index in [9.17, 15) is 12.8 Å². The van der Waals surface area contributed by atoms with Gasteiger partial charge in [0.25, 0.3) is 10.0 Å². The third kappa shape index (κ3) is 3.14. The van der Waals surface area contributed by atoms with Crippen molar-refractivity contribution < 1.29 is 12.8 Å². The lowest BCUT2D eigenvalue weighted by Gasteiger charge is -2.14. The first kappa shape index (κ1) is 19.5. The van der Waals surface area contributed by atoms with E-state index in [0.717, 1.165) is 21.5 Å². The summed E-state index contributed by atoms with van der Waals surface area (Å²) in [5.74, 6) is -0.475. The molecule has 0 amide bonds. The van der Waals surface area contributed by atoms with Crippen molar-refractivity contribution in [3.05, 3.63) is 75.7 Å². The molecule has 0 saturated heterocycles. The topological polar surface area (TPSA) is 51.1 Å². The predicted molar refractivity (Wildman–Crippen MR) is 109 cm³/mol. The Labute approximate surface area is 173 Å². The van der Waals surface area contributed by atoms with Crippen molar-refractivity contribution >= 4 is 33.2 Å². The van der Waals surface area contributed by atoms with Crippen molar-refractivity contribution in [1.82, 2.24) is 9.29 Å². The van der Waals surface area contributed by atoms with Gasteiger partial charge in [-0.1, -0.05) is 35.3 Å². The standard InChI is InChI=1S/C20H17Cl2FN2O2S/c1-24-19-7-6-15-17(19)11-25(20(15)16-4-2-3-5-18(16)23)28(26,27)14-9-12(21)8-13(22)10-14/h2-5,8-11,19,24H,6-7H2,1H3. The minimum absolute atomic E-state index is 0.0138. The minimum Gasteiger partial charge on any atom is -0.313 e. The number of hydrogen-bond donors (Lipinski definition) is 1. The summed E-state index contributed by atoms with van der Waals surface area (Å²) in [5, 5.41) is 3.62. The molecule has 0 aliphatic heterocycles. The number of rotatable bonds is 4. The second kappa shape index (κ2) is 7.19. The molecule has 1 aliphatic rings. The van der Waals surface area contributed by atoms with Gasteiger partial charge >= 0.3 is 0 Å². The van der Waals surface area contributed by atoms with Crippen LogP contribution in [0.5, 0.6) is 0 Å². The fraction of sp³-hybridized carbons (Fsp3) is 0.200. The third-order valence-electron chi connectivity index (χ3n) is 5.04. The molecule has 2 aromatic carbocycles. The van der Waals surface area contributed by atoms with Crippen LogP contribution >= 0.6 is 23.2 Å². The summed E-state index contributed by atoms with van der Waals surface area (Å²) < 4.78 is 42.7. The highest BCUT2D eigenvalue weighted by atomic mass is 35.5. The maximum Gasteiger partial charge on any atom is 0.268 e. The van der Waals surface area contributed by atoms with Crippen molar-refractivity contribution in [2.24, 2.45) is 0 Å². The van der Waals surface area contributed by atoms with E-state index in [4.69, 9.17) is 23.2 Å². The molecule has 3 aromatic rings. The zero-order valence-electron chi connectivity index (χ0n) is 14.9. The number of hydrogen-bond acceptors (Lipinski definition) is 3. The number of aromatic nitrogens is 1. The van der Waals surface area contributed by atoms with E-state index < -0.39 is 15.8 Å². The predicted octanol–water partition coefficient (Wildman–Crippen LogP) is 5.04. The normalized spacial score (nSPS) is 16.4. The number of nitrogens with zero attached hydrogens (tertiary/aromatic N) is 1. The molecule has 0 saturated carbocycles. The quantitative estimate of drug-likeness (QED) is 0.620. The van der Waals surface area contributed by atoms with E-state index in [0.29, 0.717) is 12.1 Å². The maximum absolute atomic E-state index is 14.6. The first-order valence-electron chi connectivity index (χ1n) is 8.71. The lowest BCUT2D eigenvalue weighted by atomic mass is 10.1. The summed E-state index contributed by atoms with van der Waals surface area (Å²) >= 11 is 12.0. The van der Waals surface area contributed by atoms with E-state index in [1.54, 1.807) is 24.4 Å². The van der Waals surface area contributed by atoms with E-state index in [-0.39, 0.29) is 26.5 Å². The van der Waals surface area contributed by atoms with Crippen LogP contribution in [0.2, 0.25) is 10.0 Å².